The molecule has 2 fully saturated rings. The SMILES string of the molecule is CC(C)CNCc1csc(N2CCN(C3CC3)CC2)n1. The Hall–Kier alpha value is -0.650. The highest BCUT2D eigenvalue weighted by atomic mass is 32.1. The normalized spacial score (nSPS) is 20.9. The van der Waals surface area contributed by atoms with Crippen molar-refractivity contribution in [3.8, 4) is 0 Å². The van der Waals surface area contributed by atoms with Gasteiger partial charge < -0.3 is 10.2 Å². The van der Waals surface area contributed by atoms with E-state index in [1.165, 1.54) is 36.8 Å². The van der Waals surface area contributed by atoms with E-state index in [4.69, 9.17) is 4.98 Å². The van der Waals surface area contributed by atoms with Gasteiger partial charge in [-0.25, -0.2) is 4.98 Å². The van der Waals surface area contributed by atoms with Crippen LogP contribution >= 0.6 is 11.3 Å². The molecule has 1 aromatic rings. The van der Waals surface area contributed by atoms with Crippen molar-refractivity contribution in [1.29, 1.82) is 0 Å². The zero-order chi connectivity index (χ0) is 13.9. The standard InChI is InChI=1S/C15H26N4S/c1-12(2)9-16-10-13-11-20-15(17-13)19-7-5-18(6-8-19)14-3-4-14/h11-12,14,16H,3-10H2,1-2H3. The Labute approximate surface area is 126 Å². The lowest BCUT2D eigenvalue weighted by atomic mass is 10.2. The molecule has 1 saturated carbocycles. The predicted molar refractivity (Wildman–Crippen MR) is 85.5 cm³/mol. The maximum atomic E-state index is 4.78. The van der Waals surface area contributed by atoms with Gasteiger partial charge in [0, 0.05) is 44.1 Å². The van der Waals surface area contributed by atoms with Gasteiger partial charge in [0.15, 0.2) is 5.13 Å². The fraction of sp³-hybridized carbons (Fsp3) is 0.800. The first-order chi connectivity index (χ1) is 9.72. The molecule has 0 atom stereocenters. The molecule has 0 aromatic carbocycles. The quantitative estimate of drug-likeness (QED) is 0.871. The third kappa shape index (κ3) is 3.71. The summed E-state index contributed by atoms with van der Waals surface area (Å²) in [5, 5.41) is 6.88. The Morgan fingerprint density at radius 3 is 2.70 bits per heavy atom. The Morgan fingerprint density at radius 2 is 2.05 bits per heavy atom. The summed E-state index contributed by atoms with van der Waals surface area (Å²) in [4.78, 5) is 9.88. The van der Waals surface area contributed by atoms with Crippen molar-refractivity contribution in [2.45, 2.75) is 39.3 Å². The molecular formula is C15H26N4S. The zero-order valence-corrected chi connectivity index (χ0v) is 13.5. The summed E-state index contributed by atoms with van der Waals surface area (Å²) in [7, 11) is 0. The van der Waals surface area contributed by atoms with Crippen LogP contribution in [0.1, 0.15) is 32.4 Å². The summed E-state index contributed by atoms with van der Waals surface area (Å²) in [5.74, 6) is 0.698. The monoisotopic (exact) mass is 294 g/mol. The number of aromatic nitrogens is 1. The third-order valence-electron chi connectivity index (χ3n) is 4.05. The molecule has 2 heterocycles. The van der Waals surface area contributed by atoms with E-state index in [2.05, 4.69) is 34.3 Å². The summed E-state index contributed by atoms with van der Waals surface area (Å²) in [6.07, 6.45) is 2.84. The Bertz CT molecular complexity index is 419. The van der Waals surface area contributed by atoms with E-state index in [1.54, 1.807) is 11.3 Å². The van der Waals surface area contributed by atoms with Gasteiger partial charge >= 0.3 is 0 Å². The molecule has 1 saturated heterocycles. The van der Waals surface area contributed by atoms with Crippen LogP contribution < -0.4 is 10.2 Å². The van der Waals surface area contributed by atoms with E-state index in [9.17, 15) is 0 Å². The smallest absolute Gasteiger partial charge is 0.185 e. The van der Waals surface area contributed by atoms with Crippen molar-refractivity contribution < 1.29 is 0 Å². The first-order valence-corrected chi connectivity index (χ1v) is 8.74. The van der Waals surface area contributed by atoms with Gasteiger partial charge in [0.1, 0.15) is 0 Å². The van der Waals surface area contributed by atoms with Crippen molar-refractivity contribution in [2.75, 3.05) is 37.6 Å². The first kappa shape index (κ1) is 14.3. The van der Waals surface area contributed by atoms with Crippen molar-refractivity contribution >= 4 is 16.5 Å². The molecule has 3 rings (SSSR count). The van der Waals surface area contributed by atoms with E-state index in [1.807, 2.05) is 0 Å². The minimum absolute atomic E-state index is 0.698. The summed E-state index contributed by atoms with van der Waals surface area (Å²) in [6.45, 7) is 11.1. The summed E-state index contributed by atoms with van der Waals surface area (Å²) >= 11 is 1.80. The lowest BCUT2D eigenvalue weighted by Gasteiger charge is -2.34. The molecule has 1 aliphatic carbocycles. The number of hydrogen-bond donors (Lipinski definition) is 1. The predicted octanol–water partition coefficient (Wildman–Crippen LogP) is 2.17. The van der Waals surface area contributed by atoms with Crippen LogP contribution in [0.2, 0.25) is 0 Å². The topological polar surface area (TPSA) is 31.4 Å². The maximum Gasteiger partial charge on any atom is 0.185 e. The lowest BCUT2D eigenvalue weighted by Crippen LogP contribution is -2.47. The third-order valence-corrected chi connectivity index (χ3v) is 5.00. The second-order valence-corrected chi connectivity index (χ2v) is 7.24. The fourth-order valence-corrected chi connectivity index (χ4v) is 3.61. The molecular weight excluding hydrogens is 268 g/mol. The zero-order valence-electron chi connectivity index (χ0n) is 12.6. The molecule has 0 bridgehead atoms. The number of anilines is 1. The Balaban J connectivity index is 1.46. The average molecular weight is 294 g/mol. The van der Waals surface area contributed by atoms with E-state index in [0.717, 1.165) is 32.2 Å². The van der Waals surface area contributed by atoms with Crippen LogP contribution in [0.4, 0.5) is 5.13 Å². The number of nitrogens with zero attached hydrogens (tertiary/aromatic N) is 3. The van der Waals surface area contributed by atoms with Crippen LogP contribution in [-0.4, -0.2) is 48.6 Å². The molecule has 1 aliphatic heterocycles. The number of thiazole rings is 1. The van der Waals surface area contributed by atoms with Gasteiger partial charge in [-0.2, -0.15) is 0 Å². The second kappa shape index (κ2) is 6.41. The fourth-order valence-electron chi connectivity index (χ4n) is 2.73. The van der Waals surface area contributed by atoms with Gasteiger partial charge in [-0.05, 0) is 25.3 Å². The van der Waals surface area contributed by atoms with E-state index < -0.39 is 0 Å². The minimum Gasteiger partial charge on any atom is -0.346 e. The van der Waals surface area contributed by atoms with Crippen molar-refractivity contribution in [3.63, 3.8) is 0 Å². The van der Waals surface area contributed by atoms with E-state index in [-0.39, 0.29) is 0 Å². The largest absolute Gasteiger partial charge is 0.346 e. The van der Waals surface area contributed by atoms with Gasteiger partial charge in [-0.1, -0.05) is 13.8 Å². The molecule has 1 N–H and O–H groups in total. The molecule has 1 aromatic heterocycles. The summed E-state index contributed by atoms with van der Waals surface area (Å²) in [6, 6.07) is 0.907. The minimum atomic E-state index is 0.698. The van der Waals surface area contributed by atoms with E-state index in [0.29, 0.717) is 5.92 Å². The molecule has 112 valence electrons. The van der Waals surface area contributed by atoms with Gasteiger partial charge in [-0.3, -0.25) is 4.90 Å². The Morgan fingerprint density at radius 1 is 1.30 bits per heavy atom. The molecule has 4 nitrogen and oxygen atoms in total. The van der Waals surface area contributed by atoms with Crippen LogP contribution in [-0.2, 0) is 6.54 Å². The number of piperazine rings is 1. The van der Waals surface area contributed by atoms with Gasteiger partial charge in [0.05, 0.1) is 5.69 Å². The number of nitrogens with one attached hydrogen (secondary N) is 1. The number of rotatable bonds is 6. The number of hydrogen-bond acceptors (Lipinski definition) is 5. The van der Waals surface area contributed by atoms with Gasteiger partial charge in [0.2, 0.25) is 0 Å². The van der Waals surface area contributed by atoms with Crippen LogP contribution in [0.5, 0.6) is 0 Å². The second-order valence-electron chi connectivity index (χ2n) is 6.40. The average Bonchev–Trinajstić information content (AvgIpc) is 3.19. The van der Waals surface area contributed by atoms with Crippen molar-refractivity contribution in [1.82, 2.24) is 15.2 Å². The van der Waals surface area contributed by atoms with Crippen LogP contribution in [0.25, 0.3) is 0 Å². The first-order valence-electron chi connectivity index (χ1n) is 7.86. The maximum absolute atomic E-state index is 4.78. The van der Waals surface area contributed by atoms with Gasteiger partial charge in [-0.15, -0.1) is 11.3 Å². The lowest BCUT2D eigenvalue weighted by molar-refractivity contribution is 0.248. The highest BCUT2D eigenvalue weighted by Gasteiger charge is 2.31. The van der Waals surface area contributed by atoms with Crippen LogP contribution in [0.3, 0.4) is 0 Å². The summed E-state index contributed by atoms with van der Waals surface area (Å²) in [5.41, 5.74) is 1.19. The summed E-state index contributed by atoms with van der Waals surface area (Å²) < 4.78 is 0. The molecule has 0 amide bonds. The van der Waals surface area contributed by atoms with Crippen LogP contribution in [0, 0.1) is 5.92 Å². The molecule has 20 heavy (non-hydrogen) atoms. The molecule has 0 radical (unpaired) electrons. The highest BCUT2D eigenvalue weighted by Crippen LogP contribution is 2.29. The molecule has 0 unspecified atom stereocenters. The molecule has 5 heteroatoms. The van der Waals surface area contributed by atoms with Gasteiger partial charge in [0.25, 0.3) is 0 Å². The van der Waals surface area contributed by atoms with Crippen molar-refractivity contribution in [3.05, 3.63) is 11.1 Å². The molecule has 0 spiro atoms. The van der Waals surface area contributed by atoms with Crippen molar-refractivity contribution in [2.24, 2.45) is 5.92 Å². The van der Waals surface area contributed by atoms with E-state index >= 15 is 0 Å². The highest BCUT2D eigenvalue weighted by molar-refractivity contribution is 7.13. The molecule has 2 aliphatic rings. The Kier molecular flexibility index (Phi) is 4.58. The van der Waals surface area contributed by atoms with Crippen LogP contribution in [0.15, 0.2) is 5.38 Å².